The van der Waals surface area contributed by atoms with Gasteiger partial charge in [0.1, 0.15) is 0 Å². The second kappa shape index (κ2) is 4.57. The van der Waals surface area contributed by atoms with Gasteiger partial charge in [-0.2, -0.15) is 0 Å². The molecule has 6 heteroatoms. The molecule has 1 unspecified atom stereocenters. The predicted molar refractivity (Wildman–Crippen MR) is 63.0 cm³/mol. The summed E-state index contributed by atoms with van der Waals surface area (Å²) >= 11 is 7.19. The lowest BCUT2D eigenvalue weighted by Crippen LogP contribution is -2.01. The summed E-state index contributed by atoms with van der Waals surface area (Å²) in [5.41, 5.74) is 0.758. The van der Waals surface area contributed by atoms with Gasteiger partial charge in [0, 0.05) is 5.02 Å². The van der Waals surface area contributed by atoms with E-state index in [2.05, 4.69) is 4.98 Å². The lowest BCUT2D eigenvalue weighted by molar-refractivity contribution is 0.321. The van der Waals surface area contributed by atoms with Crippen molar-refractivity contribution in [1.82, 2.24) is 4.98 Å². The van der Waals surface area contributed by atoms with Crippen molar-refractivity contribution >= 4 is 44.0 Å². The van der Waals surface area contributed by atoms with Crippen molar-refractivity contribution in [3.05, 3.63) is 23.2 Å². The molecular weight excluding hydrogens is 254 g/mol. The van der Waals surface area contributed by atoms with Crippen LogP contribution in [0.1, 0.15) is 0 Å². The number of nitrogens with zero attached hydrogens (tertiary/aromatic N) is 1. The average molecular weight is 262 g/mol. The third-order valence-corrected chi connectivity index (χ3v) is 4.71. The molecule has 3 nitrogen and oxygen atoms in total. The van der Waals surface area contributed by atoms with Gasteiger partial charge in [-0.15, -0.1) is 11.3 Å². The van der Waals surface area contributed by atoms with Gasteiger partial charge < -0.3 is 5.11 Å². The Morgan fingerprint density at radius 1 is 1.53 bits per heavy atom. The first-order valence-corrected chi connectivity index (χ1v) is 6.77. The Labute approximate surface area is 98.2 Å². The lowest BCUT2D eigenvalue weighted by Gasteiger charge is -1.91. The number of aliphatic hydroxyl groups is 1. The van der Waals surface area contributed by atoms with Gasteiger partial charge in [-0.25, -0.2) is 4.98 Å². The Morgan fingerprint density at radius 2 is 2.33 bits per heavy atom. The predicted octanol–water partition coefficient (Wildman–Crippen LogP) is 2.05. The smallest absolute Gasteiger partial charge is 0.181 e. The molecule has 1 aromatic carbocycles. The molecule has 1 N–H and O–H groups in total. The molecule has 0 amide bonds. The van der Waals surface area contributed by atoms with Crippen molar-refractivity contribution in [1.29, 1.82) is 0 Å². The molecule has 2 rings (SSSR count). The van der Waals surface area contributed by atoms with Crippen LogP contribution >= 0.6 is 22.9 Å². The van der Waals surface area contributed by atoms with Crippen molar-refractivity contribution in [3.63, 3.8) is 0 Å². The first kappa shape index (κ1) is 11.0. The Bertz CT molecular complexity index is 512. The number of benzene rings is 1. The highest BCUT2D eigenvalue weighted by atomic mass is 35.5. The van der Waals surface area contributed by atoms with Crippen LogP contribution in [0.3, 0.4) is 0 Å². The van der Waals surface area contributed by atoms with Gasteiger partial charge in [0.25, 0.3) is 0 Å². The molecule has 2 aromatic rings. The van der Waals surface area contributed by atoms with Gasteiger partial charge in [0.2, 0.25) is 0 Å². The van der Waals surface area contributed by atoms with Crippen molar-refractivity contribution in [3.8, 4) is 0 Å². The van der Waals surface area contributed by atoms with Gasteiger partial charge in [-0.1, -0.05) is 11.6 Å². The normalized spacial score (nSPS) is 13.2. The number of rotatable bonds is 3. The third kappa shape index (κ3) is 2.36. The quantitative estimate of drug-likeness (QED) is 0.920. The van der Waals surface area contributed by atoms with E-state index in [0.29, 0.717) is 9.36 Å². The molecule has 0 aliphatic rings. The molecule has 0 saturated carbocycles. The van der Waals surface area contributed by atoms with Gasteiger partial charge >= 0.3 is 0 Å². The van der Waals surface area contributed by atoms with Gasteiger partial charge in [-0.05, 0) is 18.2 Å². The van der Waals surface area contributed by atoms with E-state index in [4.69, 9.17) is 16.7 Å². The van der Waals surface area contributed by atoms with Crippen LogP contribution in [0.5, 0.6) is 0 Å². The number of hydrogen-bond acceptors (Lipinski definition) is 4. The second-order valence-electron chi connectivity index (χ2n) is 2.87. The summed E-state index contributed by atoms with van der Waals surface area (Å²) in [5, 5.41) is 9.30. The minimum absolute atomic E-state index is 0.0940. The fourth-order valence-corrected chi connectivity index (χ4v) is 3.42. The Balaban J connectivity index is 2.42. The molecule has 0 aliphatic heterocycles. The molecule has 0 radical (unpaired) electrons. The monoisotopic (exact) mass is 261 g/mol. The molecule has 15 heavy (non-hydrogen) atoms. The number of thiazole rings is 1. The van der Waals surface area contributed by atoms with Gasteiger partial charge in [-0.3, -0.25) is 4.21 Å². The Morgan fingerprint density at radius 3 is 3.07 bits per heavy atom. The molecular formula is C9H8ClNO2S2. The van der Waals surface area contributed by atoms with E-state index in [9.17, 15) is 4.21 Å². The van der Waals surface area contributed by atoms with Crippen molar-refractivity contribution in [2.24, 2.45) is 0 Å². The average Bonchev–Trinajstić information content (AvgIpc) is 2.60. The fraction of sp³-hybridized carbons (Fsp3) is 0.222. The molecule has 0 aliphatic carbocycles. The first-order chi connectivity index (χ1) is 7.20. The zero-order chi connectivity index (χ0) is 10.8. The summed E-state index contributed by atoms with van der Waals surface area (Å²) < 4.78 is 13.1. The maximum Gasteiger partial charge on any atom is 0.181 e. The second-order valence-corrected chi connectivity index (χ2v) is 6.08. The number of halogens is 1. The molecule has 0 saturated heterocycles. The van der Waals surface area contributed by atoms with Crippen LogP contribution in [0, 0.1) is 0 Å². The molecule has 1 aromatic heterocycles. The Hall–Kier alpha value is -0.490. The third-order valence-electron chi connectivity index (χ3n) is 1.80. The summed E-state index contributed by atoms with van der Waals surface area (Å²) in [6.07, 6.45) is 0. The SMILES string of the molecule is O=S(CCO)c1nc2cc(Cl)ccc2s1. The lowest BCUT2D eigenvalue weighted by atomic mass is 10.3. The molecule has 0 bridgehead atoms. The van der Waals surface area contributed by atoms with E-state index in [1.165, 1.54) is 11.3 Å². The minimum Gasteiger partial charge on any atom is -0.395 e. The first-order valence-electron chi connectivity index (χ1n) is 4.26. The molecule has 80 valence electrons. The van der Waals surface area contributed by atoms with Crippen LogP contribution in [-0.4, -0.2) is 26.7 Å². The summed E-state index contributed by atoms with van der Waals surface area (Å²) in [5.74, 6) is 0.230. The molecule has 0 spiro atoms. The van der Waals surface area contributed by atoms with Crippen LogP contribution in [-0.2, 0) is 10.8 Å². The highest BCUT2D eigenvalue weighted by molar-refractivity contribution is 7.87. The number of aliphatic hydroxyl groups excluding tert-OH is 1. The van der Waals surface area contributed by atoms with E-state index in [1.54, 1.807) is 12.1 Å². The van der Waals surface area contributed by atoms with Crippen molar-refractivity contribution < 1.29 is 9.32 Å². The molecule has 1 atom stereocenters. The summed E-state index contributed by atoms with van der Waals surface area (Å²) in [7, 11) is -1.21. The van der Waals surface area contributed by atoms with Crippen LogP contribution in [0.25, 0.3) is 10.2 Å². The van der Waals surface area contributed by atoms with Crippen LogP contribution in [0.4, 0.5) is 0 Å². The number of aromatic nitrogens is 1. The van der Waals surface area contributed by atoms with Crippen LogP contribution < -0.4 is 0 Å². The minimum atomic E-state index is -1.21. The summed E-state index contributed by atoms with van der Waals surface area (Å²) in [6.45, 7) is -0.0940. The number of hydrogen-bond donors (Lipinski definition) is 1. The van der Waals surface area contributed by atoms with E-state index in [1.807, 2.05) is 6.07 Å². The van der Waals surface area contributed by atoms with E-state index in [-0.39, 0.29) is 12.4 Å². The fourth-order valence-electron chi connectivity index (χ4n) is 1.15. The summed E-state index contributed by atoms with van der Waals surface area (Å²) in [4.78, 5) is 4.21. The zero-order valence-electron chi connectivity index (χ0n) is 7.64. The topological polar surface area (TPSA) is 50.2 Å². The van der Waals surface area contributed by atoms with Gasteiger partial charge in [0.05, 0.1) is 33.4 Å². The van der Waals surface area contributed by atoms with Crippen molar-refractivity contribution in [2.45, 2.75) is 4.34 Å². The molecule has 0 fully saturated rings. The standard InChI is InChI=1S/C9H8ClNO2S2/c10-6-1-2-8-7(5-6)11-9(14-8)15(13)4-3-12/h1-2,5,12H,3-4H2. The van der Waals surface area contributed by atoms with E-state index in [0.717, 1.165) is 10.2 Å². The number of fused-ring (bicyclic) bond motifs is 1. The highest BCUT2D eigenvalue weighted by Gasteiger charge is 2.10. The highest BCUT2D eigenvalue weighted by Crippen LogP contribution is 2.26. The Kier molecular flexibility index (Phi) is 3.35. The zero-order valence-corrected chi connectivity index (χ0v) is 10.0. The van der Waals surface area contributed by atoms with Gasteiger partial charge in [0.15, 0.2) is 4.34 Å². The maximum atomic E-state index is 11.6. The summed E-state index contributed by atoms with van der Waals surface area (Å²) in [6, 6.07) is 5.38. The largest absolute Gasteiger partial charge is 0.395 e. The van der Waals surface area contributed by atoms with E-state index >= 15 is 0 Å². The van der Waals surface area contributed by atoms with Crippen LogP contribution in [0.15, 0.2) is 22.5 Å². The maximum absolute atomic E-state index is 11.6. The van der Waals surface area contributed by atoms with Crippen molar-refractivity contribution in [2.75, 3.05) is 12.4 Å². The van der Waals surface area contributed by atoms with Crippen LogP contribution in [0.2, 0.25) is 5.02 Å². The molecule has 1 heterocycles. The van der Waals surface area contributed by atoms with E-state index < -0.39 is 10.8 Å².